The number of nitrogens with zero attached hydrogens (tertiary/aromatic N) is 3. The lowest BCUT2D eigenvalue weighted by Gasteiger charge is -2.36. The SMILES string of the molecule is O=C(N1CCCCC1)N1c2ccccc2CC(N2CCCCC2)c2ccccc21. The van der Waals surface area contributed by atoms with E-state index < -0.39 is 0 Å². The van der Waals surface area contributed by atoms with Crippen LogP contribution in [0.25, 0.3) is 0 Å². The first kappa shape index (κ1) is 18.7. The molecule has 0 bridgehead atoms. The van der Waals surface area contributed by atoms with Gasteiger partial charge >= 0.3 is 6.03 Å². The van der Waals surface area contributed by atoms with E-state index in [1.54, 1.807) is 0 Å². The quantitative estimate of drug-likeness (QED) is 0.643. The Kier molecular flexibility index (Phi) is 5.28. The maximum Gasteiger partial charge on any atom is 0.329 e. The van der Waals surface area contributed by atoms with Crippen molar-refractivity contribution in [3.8, 4) is 0 Å². The van der Waals surface area contributed by atoms with E-state index in [4.69, 9.17) is 0 Å². The smallest absolute Gasteiger partial charge is 0.324 e. The number of amides is 2. The molecule has 29 heavy (non-hydrogen) atoms. The Morgan fingerprint density at radius 3 is 2.10 bits per heavy atom. The molecule has 2 amide bonds. The van der Waals surface area contributed by atoms with Crippen LogP contribution in [-0.4, -0.2) is 42.0 Å². The minimum Gasteiger partial charge on any atom is -0.324 e. The molecule has 0 radical (unpaired) electrons. The fourth-order valence-electron chi connectivity index (χ4n) is 5.31. The fraction of sp³-hybridized carbons (Fsp3) is 0.480. The van der Waals surface area contributed by atoms with Crippen LogP contribution in [0.3, 0.4) is 0 Å². The lowest BCUT2D eigenvalue weighted by atomic mass is 9.95. The molecule has 4 heteroatoms. The molecule has 0 spiro atoms. The number of anilines is 2. The van der Waals surface area contributed by atoms with Gasteiger partial charge < -0.3 is 4.90 Å². The van der Waals surface area contributed by atoms with Gasteiger partial charge in [-0.2, -0.15) is 0 Å². The van der Waals surface area contributed by atoms with E-state index in [0.717, 1.165) is 56.8 Å². The number of fused-ring (bicyclic) bond motifs is 2. The van der Waals surface area contributed by atoms with E-state index in [9.17, 15) is 4.79 Å². The molecule has 3 aliphatic heterocycles. The monoisotopic (exact) mass is 389 g/mol. The summed E-state index contributed by atoms with van der Waals surface area (Å²) in [6.45, 7) is 4.05. The maximum absolute atomic E-state index is 13.8. The third-order valence-electron chi connectivity index (χ3n) is 6.83. The molecule has 3 aliphatic rings. The fourth-order valence-corrected chi connectivity index (χ4v) is 5.31. The van der Waals surface area contributed by atoms with Crippen LogP contribution in [0.5, 0.6) is 0 Å². The Morgan fingerprint density at radius 2 is 1.34 bits per heavy atom. The van der Waals surface area contributed by atoms with Crippen LogP contribution in [0.4, 0.5) is 16.2 Å². The van der Waals surface area contributed by atoms with Crippen molar-refractivity contribution in [1.29, 1.82) is 0 Å². The summed E-state index contributed by atoms with van der Waals surface area (Å²) < 4.78 is 0. The number of urea groups is 1. The molecule has 2 saturated heterocycles. The summed E-state index contributed by atoms with van der Waals surface area (Å²) in [4.78, 5) is 20.5. The lowest BCUT2D eigenvalue weighted by molar-refractivity contribution is 0.163. The number of carbonyl (C=O) groups is 1. The Bertz CT molecular complexity index is 868. The first-order valence-electron chi connectivity index (χ1n) is 11.3. The predicted octanol–water partition coefficient (Wildman–Crippen LogP) is 5.51. The van der Waals surface area contributed by atoms with Gasteiger partial charge in [0.25, 0.3) is 0 Å². The second kappa shape index (κ2) is 8.19. The van der Waals surface area contributed by atoms with Gasteiger partial charge in [0.15, 0.2) is 0 Å². The van der Waals surface area contributed by atoms with Crippen LogP contribution in [0.1, 0.15) is 55.7 Å². The third kappa shape index (κ3) is 3.55. The van der Waals surface area contributed by atoms with Crippen molar-refractivity contribution in [2.24, 2.45) is 0 Å². The zero-order valence-electron chi connectivity index (χ0n) is 17.2. The van der Waals surface area contributed by atoms with Crippen molar-refractivity contribution in [3.05, 3.63) is 59.7 Å². The molecule has 0 N–H and O–H groups in total. The van der Waals surface area contributed by atoms with Crippen LogP contribution >= 0.6 is 0 Å². The Labute approximate surface area is 174 Å². The molecule has 152 valence electrons. The van der Waals surface area contributed by atoms with Gasteiger partial charge in [0, 0.05) is 19.1 Å². The zero-order chi connectivity index (χ0) is 19.6. The summed E-state index contributed by atoms with van der Waals surface area (Å²) in [6, 6.07) is 17.6. The number of likely N-dealkylation sites (tertiary alicyclic amines) is 2. The molecule has 2 aromatic carbocycles. The van der Waals surface area contributed by atoms with E-state index in [-0.39, 0.29) is 6.03 Å². The summed E-state index contributed by atoms with van der Waals surface area (Å²) in [6.07, 6.45) is 8.30. The van der Waals surface area contributed by atoms with Gasteiger partial charge in [0.2, 0.25) is 0 Å². The molecule has 1 unspecified atom stereocenters. The summed E-state index contributed by atoms with van der Waals surface area (Å²) >= 11 is 0. The largest absolute Gasteiger partial charge is 0.329 e. The van der Waals surface area contributed by atoms with Gasteiger partial charge in [-0.15, -0.1) is 0 Å². The highest BCUT2D eigenvalue weighted by Crippen LogP contribution is 2.43. The van der Waals surface area contributed by atoms with Gasteiger partial charge in [0.05, 0.1) is 11.4 Å². The van der Waals surface area contributed by atoms with Crippen molar-refractivity contribution < 1.29 is 4.79 Å². The lowest BCUT2D eigenvalue weighted by Crippen LogP contribution is -2.44. The van der Waals surface area contributed by atoms with Crippen molar-refractivity contribution in [3.63, 3.8) is 0 Å². The minimum atomic E-state index is 0.142. The van der Waals surface area contributed by atoms with Crippen molar-refractivity contribution in [1.82, 2.24) is 9.80 Å². The normalized spacial score (nSPS) is 22.6. The van der Waals surface area contributed by atoms with Crippen LogP contribution < -0.4 is 4.90 Å². The number of benzene rings is 2. The highest BCUT2D eigenvalue weighted by Gasteiger charge is 2.35. The van der Waals surface area contributed by atoms with Crippen molar-refractivity contribution in [2.75, 3.05) is 31.1 Å². The molecule has 4 nitrogen and oxygen atoms in total. The highest BCUT2D eigenvalue weighted by molar-refractivity contribution is 6.01. The number of hydrogen-bond acceptors (Lipinski definition) is 2. The van der Waals surface area contributed by atoms with Gasteiger partial charge in [0.1, 0.15) is 0 Å². The average molecular weight is 390 g/mol. The van der Waals surface area contributed by atoms with Gasteiger partial charge in [-0.05, 0) is 74.9 Å². The van der Waals surface area contributed by atoms with Crippen LogP contribution in [-0.2, 0) is 6.42 Å². The maximum atomic E-state index is 13.8. The van der Waals surface area contributed by atoms with Crippen LogP contribution in [0, 0.1) is 0 Å². The number of para-hydroxylation sites is 2. The molecule has 5 rings (SSSR count). The predicted molar refractivity (Wildman–Crippen MR) is 118 cm³/mol. The topological polar surface area (TPSA) is 26.8 Å². The van der Waals surface area contributed by atoms with E-state index >= 15 is 0 Å². The first-order chi connectivity index (χ1) is 14.3. The van der Waals surface area contributed by atoms with Crippen LogP contribution in [0.2, 0.25) is 0 Å². The molecular weight excluding hydrogens is 358 g/mol. The molecule has 1 atom stereocenters. The standard InChI is InChI=1S/C25H31N3O/c29-25(27-17-9-2-10-18-27)28-22-13-5-3-11-20(22)19-24(26-15-7-1-8-16-26)21-12-4-6-14-23(21)28/h3-6,11-14,24H,1-2,7-10,15-19H2. The molecule has 0 aromatic heterocycles. The number of carbonyl (C=O) groups excluding carboxylic acids is 1. The Morgan fingerprint density at radius 1 is 0.724 bits per heavy atom. The molecule has 3 heterocycles. The summed E-state index contributed by atoms with van der Waals surface area (Å²) in [5.74, 6) is 0. The molecule has 2 fully saturated rings. The van der Waals surface area contributed by atoms with Gasteiger partial charge in [-0.25, -0.2) is 4.79 Å². The second-order valence-corrected chi connectivity index (χ2v) is 8.67. The zero-order valence-corrected chi connectivity index (χ0v) is 17.2. The minimum absolute atomic E-state index is 0.142. The summed E-state index contributed by atoms with van der Waals surface area (Å²) in [7, 11) is 0. The number of piperidine rings is 2. The van der Waals surface area contributed by atoms with Crippen molar-refractivity contribution >= 4 is 17.4 Å². The van der Waals surface area contributed by atoms with E-state index in [1.807, 2.05) is 4.90 Å². The summed E-state index contributed by atoms with van der Waals surface area (Å²) in [5.41, 5.74) is 4.72. The third-order valence-corrected chi connectivity index (χ3v) is 6.83. The van der Waals surface area contributed by atoms with Gasteiger partial charge in [-0.3, -0.25) is 9.80 Å². The molecule has 2 aromatic rings. The van der Waals surface area contributed by atoms with E-state index in [2.05, 4.69) is 58.3 Å². The van der Waals surface area contributed by atoms with Gasteiger partial charge in [-0.1, -0.05) is 42.8 Å². The van der Waals surface area contributed by atoms with E-state index in [0.29, 0.717) is 6.04 Å². The summed E-state index contributed by atoms with van der Waals surface area (Å²) in [5, 5.41) is 0. The van der Waals surface area contributed by atoms with E-state index in [1.165, 1.54) is 36.8 Å². The Balaban J connectivity index is 1.61. The first-order valence-corrected chi connectivity index (χ1v) is 11.3. The highest BCUT2D eigenvalue weighted by atomic mass is 16.2. The molecule has 0 aliphatic carbocycles. The number of rotatable bonds is 1. The molecule has 0 saturated carbocycles. The number of hydrogen-bond donors (Lipinski definition) is 0. The van der Waals surface area contributed by atoms with Crippen molar-refractivity contribution in [2.45, 2.75) is 51.0 Å². The molecular formula is C25H31N3O. The second-order valence-electron chi connectivity index (χ2n) is 8.67. The Hall–Kier alpha value is -2.33. The van der Waals surface area contributed by atoms with Crippen LogP contribution in [0.15, 0.2) is 48.5 Å². The average Bonchev–Trinajstić information content (AvgIpc) is 2.94.